The van der Waals surface area contributed by atoms with Crippen LogP contribution in [0.25, 0.3) is 11.6 Å². The lowest BCUT2D eigenvalue weighted by Gasteiger charge is -2.32. The number of ether oxygens (including phenoxy) is 1. The number of nitrogens with zero attached hydrogens (tertiary/aromatic N) is 2. The fourth-order valence-electron chi connectivity index (χ4n) is 4.88. The number of rotatable bonds is 5. The molecule has 0 unspecified atom stereocenters. The number of hydrogen-bond acceptors (Lipinski definition) is 5. The molecule has 1 aromatic carbocycles. The summed E-state index contributed by atoms with van der Waals surface area (Å²) in [5, 5.41) is 13.3. The smallest absolute Gasteiger partial charge is 0.256 e. The number of halogens is 2. The highest BCUT2D eigenvalue weighted by Gasteiger charge is 2.32. The number of nitrogens with one attached hydrogen (secondary N) is 2. The quantitative estimate of drug-likeness (QED) is 0.513. The van der Waals surface area contributed by atoms with Gasteiger partial charge >= 0.3 is 0 Å². The molecule has 0 bridgehead atoms. The van der Waals surface area contributed by atoms with Crippen LogP contribution in [0.1, 0.15) is 32.9 Å². The first-order chi connectivity index (χ1) is 16.3. The topological polar surface area (TPSA) is 97.9 Å². The third kappa shape index (κ3) is 4.31. The second-order valence-electron chi connectivity index (χ2n) is 8.91. The van der Waals surface area contributed by atoms with E-state index >= 15 is 0 Å². The van der Waals surface area contributed by atoms with Crippen molar-refractivity contribution in [2.24, 2.45) is 0 Å². The number of carbonyl (C=O) groups excluding carboxylic acids is 2. The van der Waals surface area contributed by atoms with Crippen LogP contribution >= 0.6 is 15.9 Å². The minimum atomic E-state index is -0.642. The molecule has 0 aliphatic carbocycles. The van der Waals surface area contributed by atoms with Crippen LogP contribution in [0.2, 0.25) is 0 Å². The van der Waals surface area contributed by atoms with Crippen molar-refractivity contribution in [1.29, 1.82) is 0 Å². The molecule has 1 saturated heterocycles. The second-order valence-corrected chi connectivity index (χ2v) is 9.76. The average Bonchev–Trinajstić information content (AvgIpc) is 3.28. The van der Waals surface area contributed by atoms with Gasteiger partial charge in [-0.3, -0.25) is 14.5 Å². The van der Waals surface area contributed by atoms with E-state index in [1.165, 1.54) is 12.1 Å². The van der Waals surface area contributed by atoms with Crippen molar-refractivity contribution in [3.8, 4) is 0 Å². The molecule has 1 fully saturated rings. The molecule has 1 aromatic heterocycles. The monoisotopic (exact) mass is 532 g/mol. The molecule has 1 atom stereocenters. The maximum absolute atomic E-state index is 14.0. The Labute approximate surface area is 204 Å². The van der Waals surface area contributed by atoms with Crippen molar-refractivity contribution < 1.29 is 23.8 Å². The zero-order chi connectivity index (χ0) is 24.0. The zero-order valence-electron chi connectivity index (χ0n) is 18.8. The van der Waals surface area contributed by atoms with Crippen LogP contribution in [0.15, 0.2) is 16.6 Å². The van der Waals surface area contributed by atoms with E-state index < -0.39 is 11.9 Å². The van der Waals surface area contributed by atoms with Gasteiger partial charge in [-0.1, -0.05) is 0 Å². The number of aliphatic hydroxyl groups is 1. The van der Waals surface area contributed by atoms with Gasteiger partial charge < -0.3 is 25.0 Å². The summed E-state index contributed by atoms with van der Waals surface area (Å²) in [7, 11) is 0. The molecular weight excluding hydrogens is 507 g/mol. The van der Waals surface area contributed by atoms with Gasteiger partial charge in [-0.25, -0.2) is 4.39 Å². The van der Waals surface area contributed by atoms with Crippen molar-refractivity contribution in [2.75, 3.05) is 51.3 Å². The van der Waals surface area contributed by atoms with Crippen molar-refractivity contribution >= 4 is 45.1 Å². The number of morpholine rings is 1. The van der Waals surface area contributed by atoms with Gasteiger partial charge in [0.1, 0.15) is 5.82 Å². The summed E-state index contributed by atoms with van der Waals surface area (Å²) in [5.41, 5.74) is 4.11. The second kappa shape index (κ2) is 9.26. The van der Waals surface area contributed by atoms with Crippen LogP contribution < -0.4 is 5.32 Å². The number of anilines is 1. The van der Waals surface area contributed by atoms with Gasteiger partial charge in [-0.2, -0.15) is 0 Å². The van der Waals surface area contributed by atoms with E-state index in [-0.39, 0.29) is 18.4 Å². The van der Waals surface area contributed by atoms with E-state index in [1.807, 2.05) is 6.92 Å². The summed E-state index contributed by atoms with van der Waals surface area (Å²) in [4.78, 5) is 33.0. The van der Waals surface area contributed by atoms with Crippen molar-refractivity contribution in [2.45, 2.75) is 19.4 Å². The van der Waals surface area contributed by atoms with Crippen molar-refractivity contribution in [3.63, 3.8) is 0 Å². The standard InChI is InChI=1S/C24H26BrFN4O4/c1-13-20(10-17-16-8-14(26)9-18(25)22(16)28-23(17)32)27-19-2-3-30(24(33)21(13)19)12-15(31)11-29-4-6-34-7-5-29/h8-10,15,27,31H,2-7,11-12H2,1H3,(H,28,32)/b17-10-/t15-/m1/s1. The summed E-state index contributed by atoms with van der Waals surface area (Å²) in [5.74, 6) is -0.907. The fourth-order valence-corrected chi connectivity index (χ4v) is 5.41. The summed E-state index contributed by atoms with van der Waals surface area (Å²) >= 11 is 3.30. The molecule has 10 heteroatoms. The van der Waals surface area contributed by atoms with Gasteiger partial charge in [-0.05, 0) is 46.6 Å². The molecule has 180 valence electrons. The third-order valence-electron chi connectivity index (χ3n) is 6.62. The molecule has 3 aliphatic rings. The van der Waals surface area contributed by atoms with Gasteiger partial charge in [-0.15, -0.1) is 0 Å². The van der Waals surface area contributed by atoms with Gasteiger partial charge in [0.25, 0.3) is 11.8 Å². The Balaban J connectivity index is 1.37. The van der Waals surface area contributed by atoms with E-state index in [2.05, 4.69) is 31.1 Å². The largest absolute Gasteiger partial charge is 0.390 e. The Bertz CT molecular complexity index is 1190. The highest BCUT2D eigenvalue weighted by Crippen LogP contribution is 2.39. The van der Waals surface area contributed by atoms with E-state index in [0.29, 0.717) is 65.3 Å². The summed E-state index contributed by atoms with van der Waals surface area (Å²) in [6.07, 6.45) is 1.65. The number of H-pyrrole nitrogens is 1. The van der Waals surface area contributed by atoms with Crippen molar-refractivity contribution in [1.82, 2.24) is 14.8 Å². The van der Waals surface area contributed by atoms with Gasteiger partial charge in [0.05, 0.1) is 36.1 Å². The predicted molar refractivity (Wildman–Crippen MR) is 129 cm³/mol. The van der Waals surface area contributed by atoms with E-state index in [9.17, 15) is 19.1 Å². The summed E-state index contributed by atoms with van der Waals surface area (Å²) in [6.45, 7) is 5.98. The molecule has 0 radical (unpaired) electrons. The SMILES string of the molecule is Cc1c(/C=C2\C(=O)Nc3c(Br)cc(F)cc32)[nH]c2c1C(=O)N(C[C@H](O)CN1CCOCC1)CC2. The van der Waals surface area contributed by atoms with Crippen LogP contribution in [-0.4, -0.2) is 83.7 Å². The minimum absolute atomic E-state index is 0.134. The Kier molecular flexibility index (Phi) is 6.32. The van der Waals surface area contributed by atoms with Gasteiger partial charge in [0, 0.05) is 60.6 Å². The summed E-state index contributed by atoms with van der Waals surface area (Å²) in [6, 6.07) is 2.63. The normalized spacial score (nSPS) is 20.5. The van der Waals surface area contributed by atoms with Crippen LogP contribution in [0, 0.1) is 12.7 Å². The minimum Gasteiger partial charge on any atom is -0.390 e. The number of benzene rings is 1. The molecule has 2 amide bonds. The molecule has 2 aromatic rings. The highest BCUT2D eigenvalue weighted by molar-refractivity contribution is 9.10. The van der Waals surface area contributed by atoms with Crippen molar-refractivity contribution in [3.05, 3.63) is 50.5 Å². The lowest BCUT2D eigenvalue weighted by molar-refractivity contribution is -0.110. The summed E-state index contributed by atoms with van der Waals surface area (Å²) < 4.78 is 19.8. The number of aromatic amines is 1. The number of hydrogen-bond donors (Lipinski definition) is 3. The molecule has 5 rings (SSSR count). The van der Waals surface area contributed by atoms with E-state index in [0.717, 1.165) is 24.3 Å². The molecule has 0 saturated carbocycles. The van der Waals surface area contributed by atoms with Crippen LogP contribution in [0.4, 0.5) is 10.1 Å². The third-order valence-corrected chi connectivity index (χ3v) is 7.25. The average molecular weight is 533 g/mol. The Morgan fingerprint density at radius 3 is 2.76 bits per heavy atom. The number of aromatic nitrogens is 1. The highest BCUT2D eigenvalue weighted by atomic mass is 79.9. The number of aliphatic hydroxyl groups excluding tert-OH is 1. The Morgan fingerprint density at radius 1 is 1.24 bits per heavy atom. The van der Waals surface area contributed by atoms with Crippen LogP contribution in [-0.2, 0) is 16.0 Å². The fraction of sp³-hybridized carbons (Fsp3) is 0.417. The maximum Gasteiger partial charge on any atom is 0.256 e. The molecule has 4 heterocycles. The number of fused-ring (bicyclic) bond motifs is 2. The van der Waals surface area contributed by atoms with Gasteiger partial charge in [0.15, 0.2) is 0 Å². The molecule has 3 aliphatic heterocycles. The maximum atomic E-state index is 14.0. The van der Waals surface area contributed by atoms with Gasteiger partial charge in [0.2, 0.25) is 0 Å². The first kappa shape index (κ1) is 23.2. The molecular formula is C24H26BrFN4O4. The lowest BCUT2D eigenvalue weighted by atomic mass is 10.0. The van der Waals surface area contributed by atoms with Crippen LogP contribution in [0.5, 0.6) is 0 Å². The first-order valence-corrected chi connectivity index (χ1v) is 12.1. The zero-order valence-corrected chi connectivity index (χ0v) is 20.4. The molecule has 3 N–H and O–H groups in total. The van der Waals surface area contributed by atoms with E-state index in [4.69, 9.17) is 4.74 Å². The number of carbonyl (C=O) groups is 2. The van der Waals surface area contributed by atoms with Crippen LogP contribution in [0.3, 0.4) is 0 Å². The molecule has 34 heavy (non-hydrogen) atoms. The Morgan fingerprint density at radius 2 is 2.00 bits per heavy atom. The predicted octanol–water partition coefficient (Wildman–Crippen LogP) is 2.41. The Hall–Kier alpha value is -2.53. The molecule has 0 spiro atoms. The number of β-amino-alcohol motifs (C(OH)–C–C–N with tert-alkyl or cyclic N) is 1. The first-order valence-electron chi connectivity index (χ1n) is 11.3. The lowest BCUT2D eigenvalue weighted by Crippen LogP contribution is -2.47. The number of amides is 2. The van der Waals surface area contributed by atoms with E-state index in [1.54, 1.807) is 11.0 Å². The molecule has 8 nitrogen and oxygen atoms in total.